The van der Waals surface area contributed by atoms with E-state index >= 15 is 0 Å². The quantitative estimate of drug-likeness (QED) is 0.221. The van der Waals surface area contributed by atoms with Crippen LogP contribution in [0.2, 0.25) is 0 Å². The van der Waals surface area contributed by atoms with Crippen LogP contribution in [-0.4, -0.2) is 22.8 Å². The molecule has 2 unspecified atom stereocenters. The van der Waals surface area contributed by atoms with Crippen LogP contribution < -0.4 is 0 Å². The van der Waals surface area contributed by atoms with Crippen LogP contribution in [0.25, 0.3) is 0 Å². The van der Waals surface area contributed by atoms with Gasteiger partial charge in [0, 0.05) is 11.5 Å². The van der Waals surface area contributed by atoms with Gasteiger partial charge in [-0.15, -0.1) is 0 Å². The van der Waals surface area contributed by atoms with Crippen molar-refractivity contribution < 1.29 is 19.7 Å². The van der Waals surface area contributed by atoms with Gasteiger partial charge in [0.2, 0.25) is 0 Å². The molecule has 1 aromatic carbocycles. The third-order valence-electron chi connectivity index (χ3n) is 8.51. The number of benzene rings is 1. The number of ether oxygens (including phenoxy) is 1. The predicted molar refractivity (Wildman–Crippen MR) is 138 cm³/mol. The number of allylic oxidation sites excluding steroid dienone is 1. The monoisotopic (exact) mass is 470 g/mol. The van der Waals surface area contributed by atoms with Gasteiger partial charge >= 0.3 is 5.97 Å². The van der Waals surface area contributed by atoms with Crippen LogP contribution in [-0.2, 0) is 14.9 Å². The first-order valence-electron chi connectivity index (χ1n) is 13.1. The lowest BCUT2D eigenvalue weighted by Crippen LogP contribution is -2.52. The van der Waals surface area contributed by atoms with E-state index < -0.39 is 5.41 Å². The maximum absolute atomic E-state index is 12.4. The number of carbonyl (C=O) groups is 1. The molecule has 1 fully saturated rings. The van der Waals surface area contributed by atoms with E-state index in [4.69, 9.17) is 4.74 Å². The molecule has 0 aromatic heterocycles. The zero-order valence-electron chi connectivity index (χ0n) is 22.6. The second-order valence-electron chi connectivity index (χ2n) is 12.9. The van der Waals surface area contributed by atoms with Crippen molar-refractivity contribution in [3.8, 4) is 11.5 Å². The number of fused-ring (bicyclic) bond motifs is 1. The van der Waals surface area contributed by atoms with Crippen LogP contribution in [0.5, 0.6) is 11.5 Å². The summed E-state index contributed by atoms with van der Waals surface area (Å²) in [5.74, 6) is 0.747. The second-order valence-corrected chi connectivity index (χ2v) is 12.9. The molecule has 190 valence electrons. The molecule has 0 heterocycles. The number of phenolic OH excluding ortho intramolecular Hbond substituents is 2. The standard InChI is InChI=1S/C30H46O4/c1-9-10-11-12-13-29(5,6)20-15-24(31)26(25(32)16-20)21-14-19(18-34-27(33)28(2,3)4)22-17-23(21)30(22,7)8/h14-16,21-23,31-32H,9-13,17-18H2,1-8H3/t21-,22?,23?/m0/s1. The van der Waals surface area contributed by atoms with Gasteiger partial charge in [-0.1, -0.05) is 66.4 Å². The number of unbranched alkanes of at least 4 members (excludes halogenated alkanes) is 3. The number of esters is 1. The number of aromatic hydroxyl groups is 2. The highest BCUT2D eigenvalue weighted by Crippen LogP contribution is 2.65. The van der Waals surface area contributed by atoms with Crippen molar-refractivity contribution >= 4 is 5.97 Å². The summed E-state index contributed by atoms with van der Waals surface area (Å²) < 4.78 is 5.67. The van der Waals surface area contributed by atoms with Crippen molar-refractivity contribution in [3.63, 3.8) is 0 Å². The zero-order valence-corrected chi connectivity index (χ0v) is 22.6. The Morgan fingerprint density at radius 1 is 1.06 bits per heavy atom. The molecule has 0 radical (unpaired) electrons. The molecular weight excluding hydrogens is 424 g/mol. The molecule has 3 aliphatic carbocycles. The molecule has 34 heavy (non-hydrogen) atoms. The fraction of sp³-hybridized carbons (Fsp3) is 0.700. The molecule has 4 heteroatoms. The molecule has 1 aromatic rings. The van der Waals surface area contributed by atoms with Gasteiger partial charge in [-0.05, 0) is 79.5 Å². The minimum atomic E-state index is -0.540. The average Bonchev–Trinajstić information content (AvgIpc) is 2.73. The topological polar surface area (TPSA) is 66.8 Å². The first-order chi connectivity index (χ1) is 15.7. The molecule has 3 atom stereocenters. The molecule has 3 aliphatic rings. The lowest BCUT2D eigenvalue weighted by Gasteiger charge is -2.59. The summed E-state index contributed by atoms with van der Waals surface area (Å²) in [7, 11) is 0. The number of rotatable bonds is 9. The van der Waals surface area contributed by atoms with E-state index in [0.717, 1.165) is 30.4 Å². The van der Waals surface area contributed by atoms with E-state index in [9.17, 15) is 15.0 Å². The molecule has 4 nitrogen and oxygen atoms in total. The molecule has 0 amide bonds. The lowest BCUT2D eigenvalue weighted by atomic mass is 9.45. The number of hydrogen-bond donors (Lipinski definition) is 2. The van der Waals surface area contributed by atoms with Gasteiger partial charge in [-0.2, -0.15) is 0 Å². The summed E-state index contributed by atoms with van der Waals surface area (Å²) >= 11 is 0. The number of phenols is 2. The first kappa shape index (κ1) is 26.6. The minimum Gasteiger partial charge on any atom is -0.507 e. The molecular formula is C30H46O4. The summed E-state index contributed by atoms with van der Waals surface area (Å²) in [6, 6.07) is 3.72. The first-order valence-corrected chi connectivity index (χ1v) is 13.1. The predicted octanol–water partition coefficient (Wildman–Crippen LogP) is 7.62. The maximum atomic E-state index is 12.4. The van der Waals surface area contributed by atoms with Gasteiger partial charge in [0.15, 0.2) is 0 Å². The van der Waals surface area contributed by atoms with Crippen LogP contribution in [0.15, 0.2) is 23.8 Å². The maximum Gasteiger partial charge on any atom is 0.311 e. The highest BCUT2D eigenvalue weighted by Gasteiger charge is 2.56. The Morgan fingerprint density at radius 3 is 2.21 bits per heavy atom. The Kier molecular flexibility index (Phi) is 7.51. The van der Waals surface area contributed by atoms with E-state index in [1.165, 1.54) is 19.3 Å². The molecule has 2 N–H and O–H groups in total. The largest absolute Gasteiger partial charge is 0.507 e. The smallest absolute Gasteiger partial charge is 0.311 e. The normalized spacial score (nSPS) is 23.8. The van der Waals surface area contributed by atoms with Crippen LogP contribution in [0.1, 0.15) is 111 Å². The van der Waals surface area contributed by atoms with E-state index in [-0.39, 0.29) is 40.8 Å². The molecule has 0 spiro atoms. The highest BCUT2D eigenvalue weighted by atomic mass is 16.5. The number of carbonyl (C=O) groups excluding carboxylic acids is 1. The second kappa shape index (κ2) is 9.59. The SMILES string of the molecule is CCCCCCC(C)(C)c1cc(O)c([C@H]2C=C(COC(=O)C(C)(C)C)C3CC2C3(C)C)c(O)c1. The van der Waals surface area contributed by atoms with E-state index in [2.05, 4.69) is 40.7 Å². The highest BCUT2D eigenvalue weighted by molar-refractivity contribution is 5.75. The van der Waals surface area contributed by atoms with E-state index in [1.54, 1.807) is 0 Å². The molecule has 2 bridgehead atoms. The Morgan fingerprint density at radius 2 is 1.68 bits per heavy atom. The Bertz CT molecular complexity index is 909. The van der Waals surface area contributed by atoms with Crippen molar-refractivity contribution in [3.05, 3.63) is 34.9 Å². The van der Waals surface area contributed by atoms with Crippen molar-refractivity contribution in [1.29, 1.82) is 0 Å². The van der Waals surface area contributed by atoms with Gasteiger partial charge in [-0.3, -0.25) is 4.79 Å². The average molecular weight is 471 g/mol. The number of hydrogen-bond acceptors (Lipinski definition) is 4. The summed E-state index contributed by atoms with van der Waals surface area (Å²) in [4.78, 5) is 12.4. The summed E-state index contributed by atoms with van der Waals surface area (Å²) in [6.07, 6.45) is 8.96. The third-order valence-corrected chi connectivity index (χ3v) is 8.51. The van der Waals surface area contributed by atoms with Crippen molar-refractivity contribution in [2.45, 2.75) is 105 Å². The van der Waals surface area contributed by atoms with Gasteiger partial charge in [0.1, 0.15) is 18.1 Å². The van der Waals surface area contributed by atoms with Crippen molar-refractivity contribution in [2.24, 2.45) is 22.7 Å². The summed E-state index contributed by atoms with van der Waals surface area (Å²) in [6.45, 7) is 16.9. The summed E-state index contributed by atoms with van der Waals surface area (Å²) in [5, 5.41) is 22.3. The molecule has 1 saturated carbocycles. The molecule has 4 rings (SSSR count). The van der Waals surface area contributed by atoms with Crippen molar-refractivity contribution in [1.82, 2.24) is 0 Å². The van der Waals surface area contributed by atoms with Gasteiger partial charge < -0.3 is 14.9 Å². The van der Waals surface area contributed by atoms with Gasteiger partial charge in [0.25, 0.3) is 0 Å². The van der Waals surface area contributed by atoms with Gasteiger partial charge in [-0.25, -0.2) is 0 Å². The lowest BCUT2D eigenvalue weighted by molar-refractivity contribution is -0.152. The molecule has 0 aliphatic heterocycles. The van der Waals surface area contributed by atoms with Crippen LogP contribution in [0.4, 0.5) is 0 Å². The fourth-order valence-electron chi connectivity index (χ4n) is 5.95. The van der Waals surface area contributed by atoms with E-state index in [1.807, 2.05) is 32.9 Å². The fourth-order valence-corrected chi connectivity index (χ4v) is 5.95. The molecule has 0 saturated heterocycles. The van der Waals surface area contributed by atoms with Crippen LogP contribution in [0.3, 0.4) is 0 Å². The zero-order chi connectivity index (χ0) is 25.5. The Balaban J connectivity index is 1.87. The summed E-state index contributed by atoms with van der Waals surface area (Å²) in [5.41, 5.74) is 2.07. The van der Waals surface area contributed by atoms with E-state index in [0.29, 0.717) is 17.4 Å². The third kappa shape index (κ3) is 5.16. The Labute approximate surface area is 206 Å². The Hall–Kier alpha value is -1.97. The minimum absolute atomic E-state index is 0.0268. The van der Waals surface area contributed by atoms with Crippen molar-refractivity contribution in [2.75, 3.05) is 6.61 Å². The van der Waals surface area contributed by atoms with Gasteiger partial charge in [0.05, 0.1) is 5.41 Å². The van der Waals surface area contributed by atoms with Crippen LogP contribution >= 0.6 is 0 Å². The van der Waals surface area contributed by atoms with Crippen LogP contribution in [0, 0.1) is 22.7 Å².